The summed E-state index contributed by atoms with van der Waals surface area (Å²) >= 11 is 0. The maximum absolute atomic E-state index is 12.6. The molecule has 1 saturated heterocycles. The fourth-order valence-corrected chi connectivity index (χ4v) is 6.42. The number of likely N-dealkylation sites (tertiary alicyclic amines) is 1. The highest BCUT2D eigenvalue weighted by molar-refractivity contribution is 7.92. The first-order valence-corrected chi connectivity index (χ1v) is 21.1. The van der Waals surface area contributed by atoms with E-state index in [4.69, 9.17) is 19.2 Å². The fourth-order valence-electron chi connectivity index (χ4n) is 5.16. The first-order chi connectivity index (χ1) is 20.9. The third-order valence-electron chi connectivity index (χ3n) is 8.18. The minimum atomic E-state index is -3.38. The van der Waals surface area contributed by atoms with Gasteiger partial charge in [-0.05, 0) is 57.4 Å². The Morgan fingerprint density at radius 2 is 1.73 bits per heavy atom. The number of carbonyl (C=O) groups excluding carboxylic acids is 1. The van der Waals surface area contributed by atoms with Gasteiger partial charge in [-0.25, -0.2) is 18.2 Å². The first kappa shape index (κ1) is 34.8. The van der Waals surface area contributed by atoms with Crippen molar-refractivity contribution in [2.45, 2.75) is 78.6 Å². The van der Waals surface area contributed by atoms with Crippen molar-refractivity contribution in [3.63, 3.8) is 0 Å². The van der Waals surface area contributed by atoms with E-state index in [1.165, 1.54) is 10.6 Å². The lowest BCUT2D eigenvalue weighted by Gasteiger charge is -2.39. The zero-order valence-corrected chi connectivity index (χ0v) is 30.2. The Labute approximate surface area is 269 Å². The number of rotatable bonds is 11. The number of fused-ring (bicyclic) bond motifs is 1. The molecule has 1 fully saturated rings. The van der Waals surface area contributed by atoms with E-state index in [2.05, 4.69) is 26.6 Å². The molecule has 12 heteroatoms. The summed E-state index contributed by atoms with van der Waals surface area (Å²) in [5, 5.41) is 0.880. The molecule has 1 aromatic carbocycles. The SMILES string of the molecule is CN(c1ccc(-c2cn(COCC[Si-](C)(C)C)c3nccc(OCC4(C)CCN(C(=O)OC(C)(C)C)CC4)c23)cc1)S(C)(=O)=O. The Morgan fingerprint density at radius 3 is 2.31 bits per heavy atom. The molecule has 0 bridgehead atoms. The van der Waals surface area contributed by atoms with Crippen LogP contribution in [0.2, 0.25) is 25.7 Å². The highest BCUT2D eigenvalue weighted by Crippen LogP contribution is 2.39. The Morgan fingerprint density at radius 1 is 1.09 bits per heavy atom. The van der Waals surface area contributed by atoms with Crippen molar-refractivity contribution in [1.82, 2.24) is 14.5 Å². The van der Waals surface area contributed by atoms with Crippen LogP contribution < -0.4 is 9.04 Å². The molecule has 0 radical (unpaired) electrons. The summed E-state index contributed by atoms with van der Waals surface area (Å²) in [6.45, 7) is 17.6. The monoisotopic (exact) mass is 658 g/mol. The topological polar surface area (TPSA) is 103 Å². The zero-order valence-electron chi connectivity index (χ0n) is 28.3. The molecule has 0 N–H and O–H groups in total. The lowest BCUT2D eigenvalue weighted by molar-refractivity contribution is 0.00602. The van der Waals surface area contributed by atoms with Gasteiger partial charge >= 0.3 is 6.09 Å². The van der Waals surface area contributed by atoms with Gasteiger partial charge in [0.15, 0.2) is 0 Å². The van der Waals surface area contributed by atoms with E-state index in [1.54, 1.807) is 30.3 Å². The molecule has 45 heavy (non-hydrogen) atoms. The maximum Gasteiger partial charge on any atom is 0.410 e. The van der Waals surface area contributed by atoms with E-state index < -0.39 is 23.7 Å². The summed E-state index contributed by atoms with van der Waals surface area (Å²) in [5.74, 6) is 0.726. The van der Waals surface area contributed by atoms with Gasteiger partial charge in [0.2, 0.25) is 10.0 Å². The van der Waals surface area contributed by atoms with Gasteiger partial charge in [-0.15, -0.1) is 14.1 Å². The van der Waals surface area contributed by atoms with Gasteiger partial charge in [-0.1, -0.05) is 19.1 Å². The molecule has 1 aliphatic heterocycles. The van der Waals surface area contributed by atoms with Crippen molar-refractivity contribution in [2.24, 2.45) is 5.41 Å². The normalized spacial score (nSPS) is 15.7. The van der Waals surface area contributed by atoms with E-state index >= 15 is 0 Å². The van der Waals surface area contributed by atoms with Gasteiger partial charge in [-0.2, -0.15) is 19.6 Å². The van der Waals surface area contributed by atoms with Crippen molar-refractivity contribution in [1.29, 1.82) is 0 Å². The van der Waals surface area contributed by atoms with Crippen molar-refractivity contribution in [2.75, 3.05) is 43.9 Å². The second-order valence-corrected chi connectivity index (χ2v) is 22.3. The number of hydrogen-bond donors (Lipinski definition) is 0. The van der Waals surface area contributed by atoms with E-state index in [9.17, 15) is 13.2 Å². The molecule has 2 aromatic heterocycles. The average molecular weight is 659 g/mol. The van der Waals surface area contributed by atoms with Gasteiger partial charge in [0, 0.05) is 50.1 Å². The van der Waals surface area contributed by atoms with E-state index in [-0.39, 0.29) is 11.5 Å². The molecular formula is C33H50N4O6SSi-. The van der Waals surface area contributed by atoms with Crippen molar-refractivity contribution >= 4 is 40.9 Å². The van der Waals surface area contributed by atoms with Gasteiger partial charge in [0.25, 0.3) is 0 Å². The number of sulfonamides is 1. The first-order valence-electron chi connectivity index (χ1n) is 15.6. The van der Waals surface area contributed by atoms with Crippen LogP contribution in [0.4, 0.5) is 10.5 Å². The summed E-state index contributed by atoms with van der Waals surface area (Å²) in [6.07, 6.45) is 6.32. The van der Waals surface area contributed by atoms with Gasteiger partial charge in [0.05, 0.1) is 23.9 Å². The third kappa shape index (κ3) is 9.23. The number of anilines is 1. The highest BCUT2D eigenvalue weighted by atomic mass is 32.2. The van der Waals surface area contributed by atoms with Crippen LogP contribution >= 0.6 is 0 Å². The lowest BCUT2D eigenvalue weighted by atomic mass is 9.81. The van der Waals surface area contributed by atoms with Crippen LogP contribution in [0.1, 0.15) is 40.5 Å². The number of amides is 1. The van der Waals surface area contributed by atoms with E-state index in [0.29, 0.717) is 38.7 Å². The van der Waals surface area contributed by atoms with Gasteiger partial charge in [-0.3, -0.25) is 4.31 Å². The van der Waals surface area contributed by atoms with Crippen LogP contribution in [0.25, 0.3) is 22.2 Å². The quantitative estimate of drug-likeness (QED) is 0.164. The number of aromatic nitrogens is 2. The second-order valence-electron chi connectivity index (χ2n) is 14.7. The van der Waals surface area contributed by atoms with Gasteiger partial charge < -0.3 is 23.7 Å². The predicted molar refractivity (Wildman–Crippen MR) is 183 cm³/mol. The Hall–Kier alpha value is -3.09. The van der Waals surface area contributed by atoms with E-state index in [0.717, 1.165) is 46.8 Å². The molecule has 0 aliphatic carbocycles. The molecule has 1 amide bonds. The number of pyridine rings is 1. The van der Waals surface area contributed by atoms with Crippen LogP contribution in [0.15, 0.2) is 42.7 Å². The van der Waals surface area contributed by atoms with Crippen LogP contribution in [0, 0.1) is 5.41 Å². The number of hydrogen-bond acceptors (Lipinski definition) is 7. The Bertz CT molecular complexity index is 1580. The lowest BCUT2D eigenvalue weighted by Crippen LogP contribution is -2.46. The number of benzene rings is 1. The fraction of sp³-hybridized carbons (Fsp3) is 0.576. The number of nitrogens with zero attached hydrogens (tertiary/aromatic N) is 4. The Balaban J connectivity index is 1.59. The van der Waals surface area contributed by atoms with Crippen molar-refractivity contribution in [3.8, 4) is 16.9 Å². The second kappa shape index (κ2) is 13.3. The highest BCUT2D eigenvalue weighted by Gasteiger charge is 2.34. The standard InChI is InChI=1S/C33H50N4O6SSi/c1-32(2,3)43-31(38)36-18-15-33(4,16-19-36)23-42-28-14-17-34-30-29(28)27(22-37(30)24-41-20-21-45(7,8)9)25-10-12-26(13-11-25)35(5)44(6,39)40/h10-14,17,22H,15-16,18-21,23-24H2,1-9H3/q-1. The third-order valence-corrected chi connectivity index (χ3v) is 11.1. The molecule has 1 aliphatic rings. The number of carbonyl (C=O) groups is 1. The Kier molecular flexibility index (Phi) is 10.3. The molecule has 0 spiro atoms. The molecule has 249 valence electrons. The van der Waals surface area contributed by atoms with Crippen LogP contribution in [0.5, 0.6) is 5.75 Å². The smallest absolute Gasteiger partial charge is 0.410 e. The summed E-state index contributed by atoms with van der Waals surface area (Å²) in [4.78, 5) is 19.1. The summed E-state index contributed by atoms with van der Waals surface area (Å²) in [5.41, 5.74) is 2.55. The van der Waals surface area contributed by atoms with Crippen LogP contribution in [-0.2, 0) is 26.2 Å². The number of ether oxygens (including phenoxy) is 3. The summed E-state index contributed by atoms with van der Waals surface area (Å²) in [6, 6.07) is 10.4. The minimum Gasteiger partial charge on any atom is -0.492 e. The van der Waals surface area contributed by atoms with Crippen molar-refractivity contribution < 1.29 is 27.4 Å². The van der Waals surface area contributed by atoms with Gasteiger partial charge in [0.1, 0.15) is 23.7 Å². The molecule has 0 atom stereocenters. The van der Waals surface area contributed by atoms with E-state index in [1.807, 2.05) is 49.7 Å². The van der Waals surface area contributed by atoms with Crippen LogP contribution in [-0.4, -0.2) is 82.2 Å². The minimum absolute atomic E-state index is 0.116. The largest absolute Gasteiger partial charge is 0.492 e. The summed E-state index contributed by atoms with van der Waals surface area (Å²) < 4.78 is 45.7. The molecular weight excluding hydrogens is 609 g/mol. The van der Waals surface area contributed by atoms with Crippen molar-refractivity contribution in [3.05, 3.63) is 42.7 Å². The molecule has 3 heterocycles. The molecule has 0 unspecified atom stereocenters. The predicted octanol–water partition coefficient (Wildman–Crippen LogP) is 6.83. The van der Waals surface area contributed by atoms with Crippen LogP contribution in [0.3, 0.4) is 0 Å². The molecule has 10 nitrogen and oxygen atoms in total. The maximum atomic E-state index is 12.6. The number of piperidine rings is 1. The molecule has 4 rings (SSSR count). The molecule has 0 saturated carbocycles. The zero-order chi connectivity index (χ0) is 33.2. The molecule has 3 aromatic rings. The average Bonchev–Trinajstić information content (AvgIpc) is 3.31. The summed E-state index contributed by atoms with van der Waals surface area (Å²) in [7, 11) is -3.07.